The van der Waals surface area contributed by atoms with Crippen molar-refractivity contribution in [3.05, 3.63) is 35.4 Å². The van der Waals surface area contributed by atoms with Crippen molar-refractivity contribution in [3.63, 3.8) is 0 Å². The number of rotatable bonds is 1. The minimum absolute atomic E-state index is 0. The zero-order valence-corrected chi connectivity index (χ0v) is 9.27. The van der Waals surface area contributed by atoms with Crippen molar-refractivity contribution in [2.45, 2.75) is 12.2 Å². The van der Waals surface area contributed by atoms with Gasteiger partial charge in [-0.2, -0.15) is 13.2 Å². The fourth-order valence-electron chi connectivity index (χ4n) is 1.47. The molecule has 1 fully saturated rings. The van der Waals surface area contributed by atoms with E-state index in [-0.39, 0.29) is 25.1 Å². The maximum absolute atomic E-state index is 12.3. The number of hydrogen-bond donors (Lipinski definition) is 1. The maximum Gasteiger partial charge on any atom is 0.416 e. The number of carbonyl (C=O) groups is 1. The highest BCUT2D eigenvalue weighted by molar-refractivity contribution is 5.85. The first-order chi connectivity index (χ1) is 7.47. The second kappa shape index (κ2) is 4.83. The van der Waals surface area contributed by atoms with E-state index < -0.39 is 17.8 Å². The molecule has 1 atom stereocenters. The molecule has 0 aliphatic carbocycles. The van der Waals surface area contributed by atoms with E-state index in [0.29, 0.717) is 5.56 Å². The first-order valence-corrected chi connectivity index (χ1v) is 4.57. The lowest BCUT2D eigenvalue weighted by Gasteiger charge is -2.10. The van der Waals surface area contributed by atoms with Gasteiger partial charge in [0.1, 0.15) is 6.61 Å². The molecule has 0 radical (unpaired) electrons. The van der Waals surface area contributed by atoms with Gasteiger partial charge in [-0.05, 0) is 17.7 Å². The smallest absolute Gasteiger partial charge is 0.416 e. The summed E-state index contributed by atoms with van der Waals surface area (Å²) in [4.78, 5) is 10.7. The van der Waals surface area contributed by atoms with Crippen LogP contribution in [0.25, 0.3) is 0 Å². The molecule has 1 amide bonds. The number of alkyl carbamates (subject to hydrolysis) is 1. The molecule has 94 valence electrons. The summed E-state index contributed by atoms with van der Waals surface area (Å²) in [6.45, 7) is 0.143. The monoisotopic (exact) mass is 267 g/mol. The minimum atomic E-state index is -4.34. The van der Waals surface area contributed by atoms with Crippen LogP contribution in [0.1, 0.15) is 17.2 Å². The largest absolute Gasteiger partial charge is 0.447 e. The highest BCUT2D eigenvalue weighted by Crippen LogP contribution is 2.30. The second-order valence-corrected chi connectivity index (χ2v) is 3.42. The van der Waals surface area contributed by atoms with Gasteiger partial charge in [-0.25, -0.2) is 4.79 Å². The van der Waals surface area contributed by atoms with E-state index in [9.17, 15) is 18.0 Å². The number of hydrogen-bond acceptors (Lipinski definition) is 2. The standard InChI is InChI=1S/C10H8F3NO2.ClH/c11-10(12,13)7-3-1-6(2-4-7)8-5-16-9(15)14-8;/h1-4,8H,5H2,(H,14,15);1H/t8-;/m1./s1. The van der Waals surface area contributed by atoms with Crippen LogP contribution in [-0.4, -0.2) is 12.7 Å². The Hall–Kier alpha value is -1.43. The van der Waals surface area contributed by atoms with Crippen molar-refractivity contribution < 1.29 is 22.7 Å². The average Bonchev–Trinajstić information content (AvgIpc) is 2.64. The molecule has 1 aliphatic heterocycles. The maximum atomic E-state index is 12.3. The number of carbonyl (C=O) groups excluding carboxylic acids is 1. The molecule has 1 aliphatic rings. The first kappa shape index (κ1) is 13.6. The van der Waals surface area contributed by atoms with Gasteiger partial charge in [-0.15, -0.1) is 12.4 Å². The molecule has 3 nitrogen and oxygen atoms in total. The molecule has 0 bridgehead atoms. The molecule has 2 rings (SSSR count). The lowest BCUT2D eigenvalue weighted by Crippen LogP contribution is -2.18. The third-order valence-corrected chi connectivity index (χ3v) is 2.31. The normalized spacial score (nSPS) is 19.2. The topological polar surface area (TPSA) is 38.3 Å². The molecule has 0 spiro atoms. The van der Waals surface area contributed by atoms with Crippen molar-refractivity contribution in [2.24, 2.45) is 0 Å². The summed E-state index contributed by atoms with van der Waals surface area (Å²) in [5.74, 6) is 0. The van der Waals surface area contributed by atoms with Crippen molar-refractivity contribution in [2.75, 3.05) is 6.61 Å². The predicted molar refractivity (Wildman–Crippen MR) is 55.9 cm³/mol. The molecule has 17 heavy (non-hydrogen) atoms. The van der Waals surface area contributed by atoms with Gasteiger partial charge in [0.15, 0.2) is 0 Å². The molecule has 1 aromatic carbocycles. The predicted octanol–water partition coefficient (Wildman–Crippen LogP) is 2.91. The van der Waals surface area contributed by atoms with E-state index in [1.165, 1.54) is 12.1 Å². The van der Waals surface area contributed by atoms with E-state index in [1.54, 1.807) is 0 Å². The number of amides is 1. The first-order valence-electron chi connectivity index (χ1n) is 4.57. The number of alkyl halides is 3. The molecule has 7 heteroatoms. The molecule has 1 N–H and O–H groups in total. The van der Waals surface area contributed by atoms with Gasteiger partial charge in [0.2, 0.25) is 0 Å². The number of benzene rings is 1. The zero-order valence-electron chi connectivity index (χ0n) is 8.45. The number of ether oxygens (including phenoxy) is 1. The fourth-order valence-corrected chi connectivity index (χ4v) is 1.47. The summed E-state index contributed by atoms with van der Waals surface area (Å²) in [5.41, 5.74) is -0.111. The summed E-state index contributed by atoms with van der Waals surface area (Å²) in [7, 11) is 0. The number of halogens is 4. The summed E-state index contributed by atoms with van der Waals surface area (Å²) >= 11 is 0. The van der Waals surface area contributed by atoms with Gasteiger partial charge in [0.05, 0.1) is 11.6 Å². The summed E-state index contributed by atoms with van der Waals surface area (Å²) < 4.78 is 41.4. The van der Waals surface area contributed by atoms with Crippen molar-refractivity contribution in [1.29, 1.82) is 0 Å². The molecule has 1 heterocycles. The third-order valence-electron chi connectivity index (χ3n) is 2.31. The van der Waals surface area contributed by atoms with Gasteiger partial charge in [-0.3, -0.25) is 0 Å². The Morgan fingerprint density at radius 1 is 1.24 bits per heavy atom. The van der Waals surface area contributed by atoms with Crippen LogP contribution in [-0.2, 0) is 10.9 Å². The third kappa shape index (κ3) is 3.03. The van der Waals surface area contributed by atoms with Crippen LogP contribution in [0.4, 0.5) is 18.0 Å². The summed E-state index contributed by atoms with van der Waals surface area (Å²) in [6, 6.07) is 4.28. The molecule has 0 saturated carbocycles. The lowest BCUT2D eigenvalue weighted by atomic mass is 10.1. The van der Waals surface area contributed by atoms with E-state index >= 15 is 0 Å². The molecular weight excluding hydrogens is 259 g/mol. The van der Waals surface area contributed by atoms with Crippen LogP contribution in [0.3, 0.4) is 0 Å². The van der Waals surface area contributed by atoms with Crippen LogP contribution in [0, 0.1) is 0 Å². The Balaban J connectivity index is 0.00000144. The Kier molecular flexibility index (Phi) is 3.87. The van der Waals surface area contributed by atoms with Crippen molar-refractivity contribution in [1.82, 2.24) is 5.32 Å². The lowest BCUT2D eigenvalue weighted by molar-refractivity contribution is -0.137. The van der Waals surface area contributed by atoms with Crippen molar-refractivity contribution >= 4 is 18.5 Å². The molecule has 0 aromatic heterocycles. The van der Waals surface area contributed by atoms with Crippen LogP contribution >= 0.6 is 12.4 Å². The van der Waals surface area contributed by atoms with Crippen LogP contribution in [0.5, 0.6) is 0 Å². The van der Waals surface area contributed by atoms with Crippen LogP contribution in [0.15, 0.2) is 24.3 Å². The van der Waals surface area contributed by atoms with Gasteiger partial charge < -0.3 is 10.1 Å². The van der Waals surface area contributed by atoms with Crippen LogP contribution in [0.2, 0.25) is 0 Å². The molecule has 1 saturated heterocycles. The molecule has 0 unspecified atom stereocenters. The quantitative estimate of drug-likeness (QED) is 0.850. The number of cyclic esters (lactones) is 1. The van der Waals surface area contributed by atoms with Crippen molar-refractivity contribution in [3.8, 4) is 0 Å². The average molecular weight is 268 g/mol. The van der Waals surface area contributed by atoms with Gasteiger partial charge >= 0.3 is 12.3 Å². The van der Waals surface area contributed by atoms with E-state index in [4.69, 9.17) is 0 Å². The summed E-state index contributed by atoms with van der Waals surface area (Å²) in [5, 5.41) is 2.49. The Bertz CT molecular complexity index is 405. The zero-order chi connectivity index (χ0) is 11.8. The Labute approximate surface area is 101 Å². The fraction of sp³-hybridized carbons (Fsp3) is 0.300. The summed E-state index contributed by atoms with van der Waals surface area (Å²) in [6.07, 6.45) is -4.89. The van der Waals surface area contributed by atoms with E-state index in [2.05, 4.69) is 10.1 Å². The highest BCUT2D eigenvalue weighted by atomic mass is 35.5. The number of nitrogens with one attached hydrogen (secondary N) is 1. The molecule has 1 aromatic rings. The van der Waals surface area contributed by atoms with Crippen LogP contribution < -0.4 is 5.32 Å². The Morgan fingerprint density at radius 3 is 2.24 bits per heavy atom. The SMILES string of the molecule is Cl.O=C1N[C@@H](c2ccc(C(F)(F)F)cc2)CO1. The highest BCUT2D eigenvalue weighted by Gasteiger charge is 2.31. The van der Waals surface area contributed by atoms with E-state index in [0.717, 1.165) is 12.1 Å². The van der Waals surface area contributed by atoms with E-state index in [1.807, 2.05) is 0 Å². The minimum Gasteiger partial charge on any atom is -0.447 e. The second-order valence-electron chi connectivity index (χ2n) is 3.42. The van der Waals surface area contributed by atoms with Gasteiger partial charge in [0, 0.05) is 0 Å². The Morgan fingerprint density at radius 2 is 1.82 bits per heavy atom. The molecular formula is C10H9ClF3NO2. The van der Waals surface area contributed by atoms with Gasteiger partial charge in [-0.1, -0.05) is 12.1 Å². The van der Waals surface area contributed by atoms with Gasteiger partial charge in [0.25, 0.3) is 0 Å².